The van der Waals surface area contributed by atoms with E-state index in [1.54, 1.807) is 0 Å². The molecule has 40 valence electrons. The fourth-order valence-corrected chi connectivity index (χ4v) is 0. The maximum absolute atomic E-state index is 9.47. The van der Waals surface area contributed by atoms with Crippen LogP contribution in [0.15, 0.2) is 0 Å². The molecular formula is C2H7ClNNaO2. The van der Waals surface area contributed by atoms with Crippen LogP contribution in [0.25, 0.3) is 0 Å². The van der Waals surface area contributed by atoms with Crippen molar-refractivity contribution in [3.63, 3.8) is 0 Å². The molecule has 0 atom stereocenters. The molecule has 3 nitrogen and oxygen atoms in total. The van der Waals surface area contributed by atoms with Gasteiger partial charge in [0.25, 0.3) is 0 Å². The number of rotatable bonds is 0. The van der Waals surface area contributed by atoms with E-state index in [9.17, 15) is 4.79 Å². The van der Waals surface area contributed by atoms with Crippen LogP contribution in [0.5, 0.6) is 0 Å². The monoisotopic (exact) mass is 135 g/mol. The Morgan fingerprint density at radius 3 is 1.86 bits per heavy atom. The molecular weight excluding hydrogens is 128 g/mol. The average molecular weight is 136 g/mol. The molecule has 0 aliphatic heterocycles. The molecule has 0 aliphatic carbocycles. The van der Waals surface area contributed by atoms with E-state index in [0.29, 0.717) is 0 Å². The van der Waals surface area contributed by atoms with E-state index in [-0.39, 0.29) is 42.0 Å². The molecule has 5 heteroatoms. The molecule has 0 saturated heterocycles. The van der Waals surface area contributed by atoms with Gasteiger partial charge in [-0.05, 0) is 0 Å². The zero-order valence-corrected chi connectivity index (χ0v) is 4.12. The van der Waals surface area contributed by atoms with Crippen LogP contribution in [-0.2, 0) is 9.63 Å². The summed E-state index contributed by atoms with van der Waals surface area (Å²) < 4.78 is 0. The van der Waals surface area contributed by atoms with Crippen molar-refractivity contribution in [3.8, 4) is 0 Å². The van der Waals surface area contributed by atoms with Gasteiger partial charge in [-0.3, -0.25) is 4.79 Å². The molecule has 0 aromatic rings. The van der Waals surface area contributed by atoms with Crippen molar-refractivity contribution in [2.75, 3.05) is 0 Å². The molecule has 0 heterocycles. The first-order valence-electron chi connectivity index (χ1n) is 1.14. The minimum absolute atomic E-state index is 0. The number of hydrogen-bond acceptors (Lipinski definition) is 3. The Labute approximate surface area is 70.2 Å². The maximum atomic E-state index is 9.47. The zero-order valence-electron chi connectivity index (χ0n) is 3.30. The van der Waals surface area contributed by atoms with E-state index in [4.69, 9.17) is 0 Å². The Bertz CT molecular complexity index is 51.0. The van der Waals surface area contributed by atoms with Crippen molar-refractivity contribution in [1.82, 2.24) is 0 Å². The van der Waals surface area contributed by atoms with E-state index >= 15 is 0 Å². The van der Waals surface area contributed by atoms with Gasteiger partial charge in [0.05, 0.1) is 0 Å². The Morgan fingerprint density at radius 2 is 1.86 bits per heavy atom. The predicted molar refractivity (Wildman–Crippen MR) is 30.4 cm³/mol. The third-order valence-electron chi connectivity index (χ3n) is 0.166. The van der Waals surface area contributed by atoms with Crippen molar-refractivity contribution in [1.29, 1.82) is 0 Å². The molecule has 0 aromatic heterocycles. The zero-order chi connectivity index (χ0) is 4.28. The fraction of sp³-hybridized carbons (Fsp3) is 0.500. The summed E-state index contributed by atoms with van der Waals surface area (Å²) in [6.07, 6.45) is 0. The standard InChI is InChI=1S/C2H5NO2.ClH.Na.H/c1-2(4)5-3;;;/h3H2,1H3;1H;;. The molecule has 0 unspecified atom stereocenters. The quantitative estimate of drug-likeness (QED) is 0.349. The Balaban J connectivity index is -0.0000000800. The SMILES string of the molecule is CC(=O)ON.Cl.[NaH]. The van der Waals surface area contributed by atoms with Crippen molar-refractivity contribution in [2.45, 2.75) is 6.92 Å². The summed E-state index contributed by atoms with van der Waals surface area (Å²) in [6, 6.07) is 0. The van der Waals surface area contributed by atoms with Crippen LogP contribution in [0, 0.1) is 0 Å². The summed E-state index contributed by atoms with van der Waals surface area (Å²) >= 11 is 0. The molecule has 2 N–H and O–H groups in total. The van der Waals surface area contributed by atoms with E-state index in [1.165, 1.54) is 6.92 Å². The van der Waals surface area contributed by atoms with E-state index < -0.39 is 5.97 Å². The Morgan fingerprint density at radius 1 is 1.71 bits per heavy atom. The van der Waals surface area contributed by atoms with Gasteiger partial charge in [0.2, 0.25) is 0 Å². The average Bonchev–Trinajstić information content (AvgIpc) is 1.38. The van der Waals surface area contributed by atoms with Gasteiger partial charge >= 0.3 is 35.5 Å². The van der Waals surface area contributed by atoms with Gasteiger partial charge in [-0.15, -0.1) is 12.4 Å². The molecule has 7 heavy (non-hydrogen) atoms. The third-order valence-corrected chi connectivity index (χ3v) is 0.166. The number of nitrogens with two attached hydrogens (primary N) is 1. The van der Waals surface area contributed by atoms with Crippen LogP contribution < -0.4 is 5.90 Å². The number of carbonyl (C=O) groups is 1. The topological polar surface area (TPSA) is 52.3 Å². The van der Waals surface area contributed by atoms with Crippen LogP contribution in [0.2, 0.25) is 0 Å². The van der Waals surface area contributed by atoms with E-state index in [2.05, 4.69) is 10.7 Å². The molecule has 0 fully saturated rings. The molecule has 0 rings (SSSR count). The van der Waals surface area contributed by atoms with Gasteiger partial charge in [0, 0.05) is 6.92 Å². The first-order chi connectivity index (χ1) is 2.27. The molecule has 0 radical (unpaired) electrons. The summed E-state index contributed by atoms with van der Waals surface area (Å²) in [5, 5.41) is 0. The van der Waals surface area contributed by atoms with Gasteiger partial charge in [-0.25, -0.2) is 0 Å². The molecule has 0 saturated carbocycles. The fourth-order valence-electron chi connectivity index (χ4n) is 0. The first kappa shape index (κ1) is 15.6. The third kappa shape index (κ3) is 20.2. The number of carbonyl (C=O) groups excluding carboxylic acids is 1. The van der Waals surface area contributed by atoms with Crippen molar-refractivity contribution in [3.05, 3.63) is 0 Å². The van der Waals surface area contributed by atoms with E-state index in [0.717, 1.165) is 0 Å². The second kappa shape index (κ2) is 9.87. The van der Waals surface area contributed by atoms with Crippen LogP contribution in [0.3, 0.4) is 0 Å². The summed E-state index contributed by atoms with van der Waals surface area (Å²) in [4.78, 5) is 13.1. The van der Waals surface area contributed by atoms with Crippen LogP contribution >= 0.6 is 12.4 Å². The van der Waals surface area contributed by atoms with Crippen LogP contribution in [-0.4, -0.2) is 35.5 Å². The molecule has 0 aromatic carbocycles. The van der Waals surface area contributed by atoms with Crippen molar-refractivity contribution in [2.24, 2.45) is 5.90 Å². The van der Waals surface area contributed by atoms with Gasteiger partial charge in [-0.2, -0.15) is 5.90 Å². The molecule has 0 amide bonds. The normalized spacial score (nSPS) is 4.86. The summed E-state index contributed by atoms with van der Waals surface area (Å²) in [7, 11) is 0. The van der Waals surface area contributed by atoms with Crippen molar-refractivity contribution < 1.29 is 9.63 Å². The summed E-state index contributed by atoms with van der Waals surface area (Å²) in [6.45, 7) is 1.24. The first-order valence-corrected chi connectivity index (χ1v) is 1.14. The summed E-state index contributed by atoms with van der Waals surface area (Å²) in [5.41, 5.74) is 0. The number of halogens is 1. The summed E-state index contributed by atoms with van der Waals surface area (Å²) in [5.74, 6) is 3.85. The Kier molecular flexibility index (Phi) is 22.1. The van der Waals surface area contributed by atoms with Gasteiger partial charge in [-0.1, -0.05) is 0 Å². The van der Waals surface area contributed by atoms with E-state index in [1.807, 2.05) is 0 Å². The van der Waals surface area contributed by atoms with Gasteiger partial charge in [0.15, 0.2) is 0 Å². The van der Waals surface area contributed by atoms with Gasteiger partial charge in [0.1, 0.15) is 0 Å². The minimum atomic E-state index is -0.468. The molecule has 0 aliphatic rings. The van der Waals surface area contributed by atoms with Crippen LogP contribution in [0.4, 0.5) is 0 Å². The predicted octanol–water partition coefficient (Wildman–Crippen LogP) is -0.803. The van der Waals surface area contributed by atoms with Gasteiger partial charge < -0.3 is 4.84 Å². The molecule has 0 bridgehead atoms. The van der Waals surface area contributed by atoms with Crippen LogP contribution in [0.1, 0.15) is 6.92 Å². The number of hydrogen-bond donors (Lipinski definition) is 1. The van der Waals surface area contributed by atoms with Crippen molar-refractivity contribution >= 4 is 47.9 Å². The Hall–Kier alpha value is 0.720. The second-order valence-corrected chi connectivity index (χ2v) is 0.609. The molecule has 0 spiro atoms. The second-order valence-electron chi connectivity index (χ2n) is 0.609.